The number of hydrogen-bond donors (Lipinski definition) is 3. The number of aromatic nitrogens is 1. The van der Waals surface area contributed by atoms with Gasteiger partial charge in [-0.1, -0.05) is 23.7 Å². The summed E-state index contributed by atoms with van der Waals surface area (Å²) in [6.45, 7) is 1.12. The van der Waals surface area contributed by atoms with Gasteiger partial charge in [0.2, 0.25) is 0 Å². The molecule has 2 aromatic rings. The Morgan fingerprint density at radius 2 is 1.84 bits per heavy atom. The molecule has 174 valence electrons. The first-order chi connectivity index (χ1) is 15.3. The summed E-state index contributed by atoms with van der Waals surface area (Å²) >= 11 is 0. The first-order valence-corrected chi connectivity index (χ1v) is 11.2. The molecule has 1 aromatic carbocycles. The van der Waals surface area contributed by atoms with Crippen LogP contribution in [0.5, 0.6) is 0 Å². The lowest BCUT2D eigenvalue weighted by Crippen LogP contribution is -2.40. The summed E-state index contributed by atoms with van der Waals surface area (Å²) in [7, 11) is 0. The quantitative estimate of drug-likeness (QED) is 0.585. The number of halogens is 3. The van der Waals surface area contributed by atoms with Crippen LogP contribution in [0.1, 0.15) is 66.6 Å². The molecule has 6 nitrogen and oxygen atoms in total. The number of benzene rings is 1. The molecule has 0 bridgehead atoms. The number of carbonyl (C=O) groups excluding carboxylic acids is 1. The van der Waals surface area contributed by atoms with Crippen molar-refractivity contribution in [3.05, 3.63) is 41.1 Å². The predicted octanol–water partition coefficient (Wildman–Crippen LogP) is 4.28. The van der Waals surface area contributed by atoms with Crippen LogP contribution in [0.15, 0.2) is 28.8 Å². The molecule has 1 aromatic heterocycles. The Morgan fingerprint density at radius 3 is 2.47 bits per heavy atom. The normalized spacial score (nSPS) is 21.9. The molecule has 1 heterocycles. The van der Waals surface area contributed by atoms with E-state index < -0.39 is 23.8 Å². The van der Waals surface area contributed by atoms with Gasteiger partial charge in [-0.25, -0.2) is 0 Å². The van der Waals surface area contributed by atoms with E-state index in [0.29, 0.717) is 30.0 Å². The Morgan fingerprint density at radius 1 is 1.12 bits per heavy atom. The van der Waals surface area contributed by atoms with Crippen molar-refractivity contribution in [3.8, 4) is 11.3 Å². The summed E-state index contributed by atoms with van der Waals surface area (Å²) in [6, 6.07) is 4.50. The van der Waals surface area contributed by atoms with Gasteiger partial charge in [-0.3, -0.25) is 4.79 Å². The highest BCUT2D eigenvalue weighted by Crippen LogP contribution is 2.33. The van der Waals surface area contributed by atoms with E-state index in [1.54, 1.807) is 0 Å². The fraction of sp³-hybridized carbons (Fsp3) is 0.565. The van der Waals surface area contributed by atoms with Crippen molar-refractivity contribution in [1.82, 2.24) is 15.8 Å². The van der Waals surface area contributed by atoms with Crippen LogP contribution in [-0.2, 0) is 12.7 Å². The Labute approximate surface area is 184 Å². The summed E-state index contributed by atoms with van der Waals surface area (Å²) in [4.78, 5) is 12.9. The molecule has 2 fully saturated rings. The van der Waals surface area contributed by atoms with Gasteiger partial charge in [0.05, 0.1) is 11.7 Å². The molecule has 2 aliphatic carbocycles. The number of carbonyl (C=O) groups is 1. The summed E-state index contributed by atoms with van der Waals surface area (Å²) in [5.41, 5.74) is 0.330. The van der Waals surface area contributed by atoms with E-state index in [1.165, 1.54) is 31.4 Å². The van der Waals surface area contributed by atoms with Crippen molar-refractivity contribution in [2.45, 2.75) is 69.8 Å². The zero-order valence-corrected chi connectivity index (χ0v) is 17.8. The zero-order valence-electron chi connectivity index (χ0n) is 17.8. The van der Waals surface area contributed by atoms with E-state index in [9.17, 15) is 23.1 Å². The van der Waals surface area contributed by atoms with Crippen LogP contribution in [0.4, 0.5) is 13.2 Å². The van der Waals surface area contributed by atoms with Gasteiger partial charge >= 0.3 is 6.18 Å². The smallest absolute Gasteiger partial charge is 0.393 e. The molecule has 32 heavy (non-hydrogen) atoms. The molecule has 9 heteroatoms. The summed E-state index contributed by atoms with van der Waals surface area (Å²) in [5, 5.41) is 20.1. The van der Waals surface area contributed by atoms with E-state index in [2.05, 4.69) is 15.8 Å². The van der Waals surface area contributed by atoms with Crippen LogP contribution < -0.4 is 10.6 Å². The van der Waals surface area contributed by atoms with Crippen LogP contribution in [0.3, 0.4) is 0 Å². The van der Waals surface area contributed by atoms with E-state index >= 15 is 0 Å². The van der Waals surface area contributed by atoms with Crippen molar-refractivity contribution in [2.24, 2.45) is 5.92 Å². The number of amides is 1. The molecule has 3 N–H and O–H groups in total. The topological polar surface area (TPSA) is 87.4 Å². The summed E-state index contributed by atoms with van der Waals surface area (Å²) in [5.74, 6) is 0.491. The Bertz CT molecular complexity index is 923. The average Bonchev–Trinajstić information content (AvgIpc) is 3.13. The number of nitrogens with one attached hydrogen (secondary N) is 2. The Hall–Kier alpha value is -2.39. The minimum atomic E-state index is -4.43. The summed E-state index contributed by atoms with van der Waals surface area (Å²) < 4.78 is 44.2. The number of aliphatic hydroxyl groups is 1. The fourth-order valence-corrected chi connectivity index (χ4v) is 4.34. The number of hydrogen-bond acceptors (Lipinski definition) is 5. The molecule has 0 aliphatic heterocycles. The van der Waals surface area contributed by atoms with Crippen LogP contribution in [0, 0.1) is 5.92 Å². The van der Waals surface area contributed by atoms with Crippen molar-refractivity contribution in [1.29, 1.82) is 0 Å². The molecule has 2 aliphatic rings. The first-order valence-electron chi connectivity index (χ1n) is 11.2. The van der Waals surface area contributed by atoms with Gasteiger partial charge in [0, 0.05) is 23.7 Å². The molecule has 0 spiro atoms. The van der Waals surface area contributed by atoms with Crippen molar-refractivity contribution >= 4 is 5.91 Å². The van der Waals surface area contributed by atoms with Crippen LogP contribution in [0.25, 0.3) is 11.3 Å². The summed E-state index contributed by atoms with van der Waals surface area (Å²) in [6.07, 6.45) is 1.52. The van der Waals surface area contributed by atoms with Crippen molar-refractivity contribution < 1.29 is 27.6 Å². The molecule has 2 atom stereocenters. The van der Waals surface area contributed by atoms with E-state index in [0.717, 1.165) is 37.9 Å². The lowest BCUT2D eigenvalue weighted by molar-refractivity contribution is -0.137. The van der Waals surface area contributed by atoms with Crippen molar-refractivity contribution in [3.63, 3.8) is 0 Å². The van der Waals surface area contributed by atoms with Gasteiger partial charge < -0.3 is 20.3 Å². The van der Waals surface area contributed by atoms with Crippen LogP contribution in [0.2, 0.25) is 0 Å². The molecular formula is C23H28F3N3O3. The van der Waals surface area contributed by atoms with Gasteiger partial charge in [-0.05, 0) is 63.1 Å². The monoisotopic (exact) mass is 451 g/mol. The second kappa shape index (κ2) is 9.62. The Balaban J connectivity index is 1.55. The van der Waals surface area contributed by atoms with E-state index in [4.69, 9.17) is 4.52 Å². The average molecular weight is 451 g/mol. The molecule has 4 rings (SSSR count). The number of alkyl halides is 3. The number of nitrogens with zero attached hydrogens (tertiary/aromatic N) is 1. The maximum atomic E-state index is 12.9. The highest BCUT2D eigenvalue weighted by Gasteiger charge is 2.31. The first kappa shape index (κ1) is 22.8. The van der Waals surface area contributed by atoms with Crippen LogP contribution in [-0.4, -0.2) is 34.9 Å². The van der Waals surface area contributed by atoms with Gasteiger partial charge in [0.25, 0.3) is 5.91 Å². The van der Waals surface area contributed by atoms with Gasteiger partial charge in [0.1, 0.15) is 0 Å². The van der Waals surface area contributed by atoms with Gasteiger partial charge in [-0.15, -0.1) is 0 Å². The second-order valence-electron chi connectivity index (χ2n) is 8.83. The number of aliphatic hydroxyl groups excluding tert-OH is 1. The standard InChI is InChI=1S/C23H28F3N3O3/c24-23(25,26)16-9-7-15(8-10-16)21-19(13-27-12-14-3-1-4-14)20(29-32-21)22(31)28-17-5-2-6-18(30)11-17/h7-10,14,17-18,27,30H,1-6,11-13H2,(H,28,31)/t17-,18+/m1/s1. The lowest BCUT2D eigenvalue weighted by atomic mass is 9.85. The predicted molar refractivity (Wildman–Crippen MR) is 112 cm³/mol. The third-order valence-corrected chi connectivity index (χ3v) is 6.42. The number of rotatable bonds is 7. The maximum Gasteiger partial charge on any atom is 0.416 e. The zero-order chi connectivity index (χ0) is 22.7. The van der Waals surface area contributed by atoms with E-state index in [-0.39, 0.29) is 17.5 Å². The van der Waals surface area contributed by atoms with Gasteiger partial charge in [0.15, 0.2) is 11.5 Å². The minimum Gasteiger partial charge on any atom is -0.393 e. The fourth-order valence-electron chi connectivity index (χ4n) is 4.34. The largest absolute Gasteiger partial charge is 0.416 e. The van der Waals surface area contributed by atoms with Crippen molar-refractivity contribution in [2.75, 3.05) is 6.54 Å². The lowest BCUT2D eigenvalue weighted by Gasteiger charge is -2.26. The highest BCUT2D eigenvalue weighted by atomic mass is 19.4. The molecule has 0 unspecified atom stereocenters. The molecular weight excluding hydrogens is 423 g/mol. The third kappa shape index (κ3) is 5.32. The van der Waals surface area contributed by atoms with Crippen LogP contribution >= 0.6 is 0 Å². The Kier molecular flexibility index (Phi) is 6.85. The maximum absolute atomic E-state index is 12.9. The van der Waals surface area contributed by atoms with Gasteiger partial charge in [-0.2, -0.15) is 13.2 Å². The molecule has 0 saturated heterocycles. The highest BCUT2D eigenvalue weighted by molar-refractivity contribution is 5.95. The van der Waals surface area contributed by atoms with E-state index in [1.807, 2.05) is 0 Å². The third-order valence-electron chi connectivity index (χ3n) is 6.42. The second-order valence-corrected chi connectivity index (χ2v) is 8.83. The molecule has 0 radical (unpaired) electrons. The molecule has 1 amide bonds. The SMILES string of the molecule is O=C(N[C@@H]1CCC[C@H](O)C1)c1noc(-c2ccc(C(F)(F)F)cc2)c1CNCC1CCC1. The molecule has 2 saturated carbocycles. The minimum absolute atomic E-state index is 0.126.